The Bertz CT molecular complexity index is 699. The van der Waals surface area contributed by atoms with Crippen LogP contribution >= 0.6 is 0 Å². The molecule has 0 aliphatic carbocycles. The van der Waals surface area contributed by atoms with Gasteiger partial charge in [-0.25, -0.2) is 14.6 Å². The summed E-state index contributed by atoms with van der Waals surface area (Å²) in [5, 5.41) is 11.5. The molecule has 2 rings (SSSR count). The van der Waals surface area contributed by atoms with E-state index in [4.69, 9.17) is 9.84 Å². The summed E-state index contributed by atoms with van der Waals surface area (Å²) in [6, 6.07) is 10.8. The van der Waals surface area contributed by atoms with Crippen molar-refractivity contribution in [1.29, 1.82) is 0 Å². The number of aryl methyl sites for hydroxylation is 2. The van der Waals surface area contributed by atoms with E-state index in [1.54, 1.807) is 13.8 Å². The molecular formula is C16H16N2O4. The minimum absolute atomic E-state index is 0.112. The molecule has 1 amide bonds. The standard InChI is InChI=1S/C16H16N2O4/c1-10-8-13(15(19)20)11(2)17-14(10)18-16(21)22-9-12-6-4-3-5-7-12/h3-8H,9H2,1-2H3,(H,19,20)(H,17,18,21). The van der Waals surface area contributed by atoms with Crippen molar-refractivity contribution in [2.75, 3.05) is 5.32 Å². The van der Waals surface area contributed by atoms with E-state index in [2.05, 4.69) is 10.3 Å². The van der Waals surface area contributed by atoms with Crippen molar-refractivity contribution in [2.45, 2.75) is 20.5 Å². The third-order valence-corrected chi connectivity index (χ3v) is 3.07. The van der Waals surface area contributed by atoms with E-state index in [0.717, 1.165) is 5.56 Å². The Morgan fingerprint density at radius 1 is 1.23 bits per heavy atom. The van der Waals surface area contributed by atoms with Gasteiger partial charge in [0.05, 0.1) is 11.3 Å². The van der Waals surface area contributed by atoms with Crippen LogP contribution in [0.5, 0.6) is 0 Å². The minimum Gasteiger partial charge on any atom is -0.478 e. The quantitative estimate of drug-likeness (QED) is 0.905. The molecule has 0 radical (unpaired) electrons. The highest BCUT2D eigenvalue weighted by Gasteiger charge is 2.14. The van der Waals surface area contributed by atoms with Crippen LogP contribution in [0.15, 0.2) is 36.4 Å². The number of carbonyl (C=O) groups is 2. The molecule has 22 heavy (non-hydrogen) atoms. The SMILES string of the molecule is Cc1cc(C(=O)O)c(C)nc1NC(=O)OCc1ccccc1. The van der Waals surface area contributed by atoms with Crippen LogP contribution in [0.3, 0.4) is 0 Å². The van der Waals surface area contributed by atoms with Crippen LogP contribution in [0.4, 0.5) is 10.6 Å². The zero-order valence-corrected chi connectivity index (χ0v) is 12.3. The lowest BCUT2D eigenvalue weighted by Gasteiger charge is -2.10. The predicted octanol–water partition coefficient (Wildman–Crippen LogP) is 3.15. The van der Waals surface area contributed by atoms with E-state index in [1.165, 1.54) is 6.07 Å². The number of anilines is 1. The number of nitrogens with zero attached hydrogens (tertiary/aromatic N) is 1. The second kappa shape index (κ2) is 6.71. The first-order chi connectivity index (χ1) is 10.5. The van der Waals surface area contributed by atoms with Gasteiger partial charge >= 0.3 is 12.1 Å². The number of carbonyl (C=O) groups excluding carboxylic acids is 1. The maximum atomic E-state index is 11.8. The van der Waals surface area contributed by atoms with Gasteiger partial charge in [-0.15, -0.1) is 0 Å². The molecule has 0 saturated carbocycles. The Kier molecular flexibility index (Phi) is 4.73. The summed E-state index contributed by atoms with van der Waals surface area (Å²) in [5.74, 6) is -0.758. The van der Waals surface area contributed by atoms with Crippen LogP contribution in [0.1, 0.15) is 27.2 Å². The minimum atomic E-state index is -1.05. The fraction of sp³-hybridized carbons (Fsp3) is 0.188. The van der Waals surface area contributed by atoms with Gasteiger partial charge in [0.2, 0.25) is 0 Å². The van der Waals surface area contributed by atoms with E-state index in [0.29, 0.717) is 17.1 Å². The number of benzene rings is 1. The number of hydrogen-bond acceptors (Lipinski definition) is 4. The number of carboxylic acid groups (broad SMARTS) is 1. The molecule has 1 heterocycles. The monoisotopic (exact) mass is 300 g/mol. The van der Waals surface area contributed by atoms with Gasteiger partial charge in [-0.1, -0.05) is 30.3 Å². The third kappa shape index (κ3) is 3.82. The zero-order chi connectivity index (χ0) is 16.1. The Labute approximate surface area is 127 Å². The maximum Gasteiger partial charge on any atom is 0.413 e. The lowest BCUT2D eigenvalue weighted by Crippen LogP contribution is -2.16. The van der Waals surface area contributed by atoms with E-state index in [1.807, 2.05) is 30.3 Å². The van der Waals surface area contributed by atoms with Gasteiger partial charge in [0.1, 0.15) is 12.4 Å². The lowest BCUT2D eigenvalue weighted by molar-refractivity contribution is 0.0695. The molecule has 1 aromatic heterocycles. The van der Waals surface area contributed by atoms with Gasteiger partial charge in [0, 0.05) is 0 Å². The zero-order valence-electron chi connectivity index (χ0n) is 12.3. The summed E-state index contributed by atoms with van der Waals surface area (Å²) >= 11 is 0. The summed E-state index contributed by atoms with van der Waals surface area (Å²) in [4.78, 5) is 26.9. The molecule has 0 saturated heterocycles. The first kappa shape index (κ1) is 15.5. The topological polar surface area (TPSA) is 88.5 Å². The molecule has 114 valence electrons. The Balaban J connectivity index is 2.02. The number of amides is 1. The van der Waals surface area contributed by atoms with Crippen molar-refractivity contribution in [1.82, 2.24) is 4.98 Å². The van der Waals surface area contributed by atoms with E-state index >= 15 is 0 Å². The highest BCUT2D eigenvalue weighted by atomic mass is 16.5. The molecule has 6 nitrogen and oxygen atoms in total. The molecule has 0 unspecified atom stereocenters. The second-order valence-electron chi connectivity index (χ2n) is 4.78. The molecular weight excluding hydrogens is 284 g/mol. The summed E-state index contributed by atoms with van der Waals surface area (Å²) in [5.41, 5.74) is 1.87. The van der Waals surface area contributed by atoms with Crippen molar-refractivity contribution in [3.8, 4) is 0 Å². The summed E-state index contributed by atoms with van der Waals surface area (Å²) < 4.78 is 5.10. The number of pyridine rings is 1. The predicted molar refractivity (Wildman–Crippen MR) is 80.9 cm³/mol. The van der Waals surface area contributed by atoms with Crippen molar-refractivity contribution in [2.24, 2.45) is 0 Å². The molecule has 1 aromatic carbocycles. The smallest absolute Gasteiger partial charge is 0.413 e. The number of nitrogens with one attached hydrogen (secondary N) is 1. The summed E-state index contributed by atoms with van der Waals surface area (Å²) in [7, 11) is 0. The molecule has 0 aliphatic rings. The largest absolute Gasteiger partial charge is 0.478 e. The van der Waals surface area contributed by atoms with Crippen molar-refractivity contribution >= 4 is 17.9 Å². The van der Waals surface area contributed by atoms with Crippen LogP contribution in [0, 0.1) is 13.8 Å². The fourth-order valence-electron chi connectivity index (χ4n) is 1.90. The average molecular weight is 300 g/mol. The van der Waals surface area contributed by atoms with Crippen molar-refractivity contribution in [3.63, 3.8) is 0 Å². The van der Waals surface area contributed by atoms with Gasteiger partial charge in [0.15, 0.2) is 0 Å². The Morgan fingerprint density at radius 2 is 1.91 bits per heavy atom. The van der Waals surface area contributed by atoms with Crippen LogP contribution in [-0.2, 0) is 11.3 Å². The number of rotatable bonds is 4. The highest BCUT2D eigenvalue weighted by molar-refractivity contribution is 5.90. The molecule has 0 fully saturated rings. The van der Waals surface area contributed by atoms with Crippen LogP contribution in [0.25, 0.3) is 0 Å². The number of carboxylic acids is 1. The van der Waals surface area contributed by atoms with Crippen LogP contribution in [0.2, 0.25) is 0 Å². The molecule has 2 aromatic rings. The molecule has 0 atom stereocenters. The van der Waals surface area contributed by atoms with Crippen LogP contribution < -0.4 is 5.32 Å². The fourth-order valence-corrected chi connectivity index (χ4v) is 1.90. The summed E-state index contributed by atoms with van der Waals surface area (Å²) in [6.45, 7) is 3.40. The summed E-state index contributed by atoms with van der Waals surface area (Å²) in [6.07, 6.45) is -0.637. The molecule has 6 heteroatoms. The van der Waals surface area contributed by atoms with Crippen molar-refractivity contribution in [3.05, 3.63) is 58.8 Å². The van der Waals surface area contributed by atoms with E-state index in [9.17, 15) is 9.59 Å². The highest BCUT2D eigenvalue weighted by Crippen LogP contribution is 2.17. The van der Waals surface area contributed by atoms with Gasteiger partial charge in [-0.2, -0.15) is 0 Å². The first-order valence-corrected chi connectivity index (χ1v) is 6.66. The van der Waals surface area contributed by atoms with Gasteiger partial charge < -0.3 is 9.84 Å². The second-order valence-corrected chi connectivity index (χ2v) is 4.78. The molecule has 0 bridgehead atoms. The van der Waals surface area contributed by atoms with Gasteiger partial charge in [-0.3, -0.25) is 5.32 Å². The maximum absolute atomic E-state index is 11.8. The molecule has 2 N–H and O–H groups in total. The van der Waals surface area contributed by atoms with Crippen LogP contribution in [-0.4, -0.2) is 22.2 Å². The normalized spacial score (nSPS) is 10.1. The lowest BCUT2D eigenvalue weighted by atomic mass is 10.1. The first-order valence-electron chi connectivity index (χ1n) is 6.66. The van der Waals surface area contributed by atoms with Crippen molar-refractivity contribution < 1.29 is 19.4 Å². The number of ether oxygens (including phenoxy) is 1. The van der Waals surface area contributed by atoms with E-state index < -0.39 is 12.1 Å². The number of aromatic nitrogens is 1. The van der Waals surface area contributed by atoms with Gasteiger partial charge in [0.25, 0.3) is 0 Å². The van der Waals surface area contributed by atoms with E-state index in [-0.39, 0.29) is 12.2 Å². The number of aromatic carboxylic acids is 1. The average Bonchev–Trinajstić information content (AvgIpc) is 2.49. The Hall–Kier alpha value is -2.89. The molecule has 0 aliphatic heterocycles. The molecule has 0 spiro atoms. The van der Waals surface area contributed by atoms with Gasteiger partial charge in [-0.05, 0) is 31.0 Å². The number of hydrogen-bond donors (Lipinski definition) is 2. The third-order valence-electron chi connectivity index (χ3n) is 3.07. The Morgan fingerprint density at radius 3 is 2.55 bits per heavy atom.